The lowest BCUT2D eigenvalue weighted by Crippen LogP contribution is -2.25. The van der Waals surface area contributed by atoms with Crippen molar-refractivity contribution in [3.8, 4) is 17.2 Å². The number of ether oxygens (including phenoxy) is 1. The van der Waals surface area contributed by atoms with Crippen LogP contribution in [0.15, 0.2) is 96.2 Å². The number of rotatable bonds is 5. The third-order valence-electron chi connectivity index (χ3n) is 4.80. The maximum Gasteiger partial charge on any atom is 0.280 e. The molecule has 1 amide bonds. The predicted octanol–water partition coefficient (Wildman–Crippen LogP) is 4.15. The van der Waals surface area contributed by atoms with Crippen molar-refractivity contribution in [2.45, 2.75) is 0 Å². The fraction of sp³-hybridized carbons (Fsp3) is 0. The average molecular weight is 423 g/mol. The summed E-state index contributed by atoms with van der Waals surface area (Å²) >= 11 is 0. The van der Waals surface area contributed by atoms with Crippen LogP contribution in [0.5, 0.6) is 11.5 Å². The smallest absolute Gasteiger partial charge is 0.280 e. The van der Waals surface area contributed by atoms with Gasteiger partial charge in [-0.3, -0.25) is 9.59 Å². The molecule has 0 bridgehead atoms. The van der Waals surface area contributed by atoms with Gasteiger partial charge in [0, 0.05) is 30.3 Å². The Bertz CT molecular complexity index is 1460. The lowest BCUT2D eigenvalue weighted by Gasteiger charge is -2.09. The van der Waals surface area contributed by atoms with E-state index in [1.807, 2.05) is 36.4 Å². The van der Waals surface area contributed by atoms with Crippen molar-refractivity contribution in [2.24, 2.45) is 0 Å². The van der Waals surface area contributed by atoms with Gasteiger partial charge in [0.25, 0.3) is 5.91 Å². The summed E-state index contributed by atoms with van der Waals surface area (Å²) in [5.41, 5.74) is 1.35. The van der Waals surface area contributed by atoms with Gasteiger partial charge in [0.2, 0.25) is 5.43 Å². The molecule has 32 heavy (non-hydrogen) atoms. The molecule has 156 valence electrons. The maximum atomic E-state index is 12.7. The third kappa shape index (κ3) is 3.84. The molecule has 0 unspecified atom stereocenters. The topological polar surface area (TPSA) is 102 Å². The van der Waals surface area contributed by atoms with Crippen LogP contribution < -0.4 is 15.5 Å². The first-order chi connectivity index (χ1) is 15.7. The largest absolute Gasteiger partial charge is 0.457 e. The maximum absolute atomic E-state index is 12.7. The first-order valence-electron chi connectivity index (χ1n) is 9.84. The zero-order chi connectivity index (χ0) is 21.9. The van der Waals surface area contributed by atoms with Crippen LogP contribution in [0.1, 0.15) is 10.5 Å². The van der Waals surface area contributed by atoms with Crippen molar-refractivity contribution in [3.63, 3.8) is 0 Å². The molecule has 3 heterocycles. The summed E-state index contributed by atoms with van der Waals surface area (Å²) in [5.74, 6) is 0.682. The van der Waals surface area contributed by atoms with Crippen molar-refractivity contribution < 1.29 is 9.53 Å². The van der Waals surface area contributed by atoms with Crippen LogP contribution in [0.3, 0.4) is 0 Å². The number of amides is 1. The van der Waals surface area contributed by atoms with Gasteiger partial charge in [-0.1, -0.05) is 18.2 Å². The minimum absolute atomic E-state index is 0.191. The number of anilines is 1. The number of hydrogen-bond donors (Lipinski definition) is 2. The number of nitrogens with zero attached hydrogens (tertiary/aromatic N) is 3. The number of hydrogen-bond acceptors (Lipinski definition) is 5. The molecule has 8 nitrogen and oxygen atoms in total. The molecule has 0 fully saturated rings. The van der Waals surface area contributed by atoms with Gasteiger partial charge in [-0.05, 0) is 48.5 Å². The fourth-order valence-corrected chi connectivity index (χ4v) is 3.24. The molecule has 5 rings (SSSR count). The molecule has 0 spiro atoms. The number of carbonyl (C=O) groups excluding carboxylic acids is 1. The summed E-state index contributed by atoms with van der Waals surface area (Å²) in [5, 5.41) is 7.77. The SMILES string of the molecule is O=C(Nc1ccc(Oc2ccnc3[nH]ccc23)cc1)c1nn(-c2ccccc2)ccc1=O. The number of aromatic amines is 1. The number of carbonyl (C=O) groups is 1. The lowest BCUT2D eigenvalue weighted by atomic mass is 10.2. The molecule has 8 heteroatoms. The Labute approximate surface area is 182 Å². The average Bonchev–Trinajstić information content (AvgIpc) is 3.31. The molecule has 0 radical (unpaired) electrons. The molecule has 0 aliphatic carbocycles. The third-order valence-corrected chi connectivity index (χ3v) is 4.80. The van der Waals surface area contributed by atoms with Crippen molar-refractivity contribution in [2.75, 3.05) is 5.32 Å². The van der Waals surface area contributed by atoms with E-state index in [4.69, 9.17) is 4.74 Å². The van der Waals surface area contributed by atoms with E-state index in [0.717, 1.165) is 16.7 Å². The van der Waals surface area contributed by atoms with Gasteiger partial charge in [0.15, 0.2) is 5.69 Å². The van der Waals surface area contributed by atoms with E-state index < -0.39 is 11.3 Å². The highest BCUT2D eigenvalue weighted by atomic mass is 16.5. The number of pyridine rings is 1. The van der Waals surface area contributed by atoms with E-state index >= 15 is 0 Å². The Morgan fingerprint density at radius 2 is 1.78 bits per heavy atom. The summed E-state index contributed by atoms with van der Waals surface area (Å²) < 4.78 is 7.43. The van der Waals surface area contributed by atoms with Crippen LogP contribution >= 0.6 is 0 Å². The van der Waals surface area contributed by atoms with Crippen LogP contribution in [0.4, 0.5) is 5.69 Å². The monoisotopic (exact) mass is 423 g/mol. The normalized spacial score (nSPS) is 10.8. The first-order valence-corrected chi connectivity index (χ1v) is 9.84. The molecular weight excluding hydrogens is 406 g/mol. The predicted molar refractivity (Wildman–Crippen MR) is 120 cm³/mol. The van der Waals surface area contributed by atoms with Crippen molar-refractivity contribution >= 4 is 22.6 Å². The van der Waals surface area contributed by atoms with Crippen molar-refractivity contribution in [1.29, 1.82) is 0 Å². The number of benzene rings is 2. The molecule has 2 aromatic carbocycles. The second-order valence-electron chi connectivity index (χ2n) is 6.94. The Morgan fingerprint density at radius 1 is 0.969 bits per heavy atom. The molecule has 0 aliphatic heterocycles. The highest BCUT2D eigenvalue weighted by Crippen LogP contribution is 2.28. The van der Waals surface area contributed by atoms with Gasteiger partial charge in [-0.2, -0.15) is 5.10 Å². The van der Waals surface area contributed by atoms with Crippen molar-refractivity contribution in [1.82, 2.24) is 19.7 Å². The van der Waals surface area contributed by atoms with E-state index in [1.54, 1.807) is 42.7 Å². The van der Waals surface area contributed by atoms with E-state index in [-0.39, 0.29) is 5.69 Å². The molecule has 0 aliphatic rings. The standard InChI is InChI=1S/C24H17N5O3/c30-20-12-15-29(17-4-2-1-3-5-17)28-22(20)24(31)27-16-6-8-18(9-7-16)32-21-11-14-26-23-19(21)10-13-25-23/h1-15H,(H,25,26)(H,27,31). The molecule has 0 saturated carbocycles. The summed E-state index contributed by atoms with van der Waals surface area (Å²) in [6.45, 7) is 0. The van der Waals surface area contributed by atoms with Gasteiger partial charge in [0.05, 0.1) is 11.1 Å². The zero-order valence-electron chi connectivity index (χ0n) is 16.7. The highest BCUT2D eigenvalue weighted by molar-refractivity contribution is 6.02. The Kier molecular flexibility index (Phi) is 4.93. The summed E-state index contributed by atoms with van der Waals surface area (Å²) in [7, 11) is 0. The zero-order valence-corrected chi connectivity index (χ0v) is 16.7. The van der Waals surface area contributed by atoms with Crippen molar-refractivity contribution in [3.05, 3.63) is 107 Å². The summed E-state index contributed by atoms with van der Waals surface area (Å²) in [6.07, 6.45) is 4.99. The minimum Gasteiger partial charge on any atom is -0.457 e. The first kappa shape index (κ1) is 19.3. The van der Waals surface area contributed by atoms with E-state index in [2.05, 4.69) is 20.4 Å². The van der Waals surface area contributed by atoms with Gasteiger partial charge in [-0.25, -0.2) is 9.67 Å². The fourth-order valence-electron chi connectivity index (χ4n) is 3.24. The molecule has 0 saturated heterocycles. The summed E-state index contributed by atoms with van der Waals surface area (Å²) in [4.78, 5) is 32.2. The van der Waals surface area contributed by atoms with Crippen LogP contribution in [-0.4, -0.2) is 25.7 Å². The van der Waals surface area contributed by atoms with E-state index in [1.165, 1.54) is 16.9 Å². The molecule has 5 aromatic rings. The van der Waals surface area contributed by atoms with Crippen LogP contribution in [0, 0.1) is 0 Å². The molecule has 2 N–H and O–H groups in total. The van der Waals surface area contributed by atoms with Crippen LogP contribution in [0.25, 0.3) is 16.7 Å². The van der Waals surface area contributed by atoms with Gasteiger partial charge in [0.1, 0.15) is 17.1 Å². The van der Waals surface area contributed by atoms with Crippen LogP contribution in [0.2, 0.25) is 0 Å². The van der Waals surface area contributed by atoms with E-state index in [0.29, 0.717) is 17.2 Å². The quantitative estimate of drug-likeness (QED) is 0.442. The number of para-hydroxylation sites is 1. The number of aromatic nitrogens is 4. The van der Waals surface area contributed by atoms with Gasteiger partial charge in [-0.15, -0.1) is 0 Å². The molecule has 0 atom stereocenters. The second kappa shape index (κ2) is 8.19. The van der Waals surface area contributed by atoms with E-state index in [9.17, 15) is 9.59 Å². The Balaban J connectivity index is 1.33. The molecular formula is C24H17N5O3. The Hall–Kier alpha value is -4.72. The number of nitrogens with one attached hydrogen (secondary N) is 2. The van der Waals surface area contributed by atoms with Gasteiger partial charge >= 0.3 is 0 Å². The summed E-state index contributed by atoms with van der Waals surface area (Å²) in [6, 6.07) is 21.1. The van der Waals surface area contributed by atoms with Crippen LogP contribution in [-0.2, 0) is 0 Å². The van der Waals surface area contributed by atoms with Gasteiger partial charge < -0.3 is 15.0 Å². The minimum atomic E-state index is -0.586. The second-order valence-corrected chi connectivity index (χ2v) is 6.94. The molecule has 3 aromatic heterocycles. The number of fused-ring (bicyclic) bond motifs is 1. The lowest BCUT2D eigenvalue weighted by molar-refractivity contribution is 0.101. The highest BCUT2D eigenvalue weighted by Gasteiger charge is 2.14. The Morgan fingerprint density at radius 3 is 2.59 bits per heavy atom. The number of H-pyrrole nitrogens is 1.